The van der Waals surface area contributed by atoms with Crippen LogP contribution in [0, 0.1) is 11.8 Å². The van der Waals surface area contributed by atoms with Crippen LogP contribution >= 0.6 is 0 Å². The smallest absolute Gasteiger partial charge is 0.0580 e. The van der Waals surface area contributed by atoms with Gasteiger partial charge in [-0.05, 0) is 70.3 Å². The van der Waals surface area contributed by atoms with E-state index in [0.29, 0.717) is 12.1 Å². The fraction of sp³-hybridized carbons (Fsp3) is 1.00. The largest absolute Gasteiger partial charge is 0.381 e. The van der Waals surface area contributed by atoms with Crippen LogP contribution in [0.5, 0.6) is 0 Å². The van der Waals surface area contributed by atoms with E-state index >= 15 is 0 Å². The summed E-state index contributed by atoms with van der Waals surface area (Å²) >= 11 is 0. The maximum atomic E-state index is 5.68. The maximum absolute atomic E-state index is 5.68. The molecule has 1 saturated heterocycles. The molecule has 1 heterocycles. The number of hydrogen-bond acceptors (Lipinski definition) is 3. The van der Waals surface area contributed by atoms with Gasteiger partial charge in [0.25, 0.3) is 0 Å². The predicted octanol–water partition coefficient (Wildman–Crippen LogP) is 3.38. The second-order valence-electron chi connectivity index (χ2n) is 6.59. The number of nitrogens with one attached hydrogen (secondary N) is 1. The number of hydrogen-bond donors (Lipinski definition) is 1. The number of rotatable bonds is 9. The van der Waals surface area contributed by atoms with Gasteiger partial charge in [0.05, 0.1) is 6.10 Å². The van der Waals surface area contributed by atoms with E-state index in [-0.39, 0.29) is 0 Å². The Morgan fingerprint density at radius 2 is 1.80 bits per heavy atom. The van der Waals surface area contributed by atoms with Gasteiger partial charge in [-0.3, -0.25) is 0 Å². The minimum absolute atomic E-state index is 0.555. The average Bonchev–Trinajstić information content (AvgIpc) is 2.43. The first-order chi connectivity index (χ1) is 9.81. The lowest BCUT2D eigenvalue weighted by atomic mass is 9.76. The number of ether oxygens (including phenoxy) is 2. The van der Waals surface area contributed by atoms with Crippen LogP contribution in [-0.2, 0) is 9.47 Å². The van der Waals surface area contributed by atoms with Gasteiger partial charge in [0.15, 0.2) is 0 Å². The highest BCUT2D eigenvalue weighted by molar-refractivity contribution is 4.85. The first-order valence-corrected chi connectivity index (χ1v) is 8.74. The highest BCUT2D eigenvalue weighted by Crippen LogP contribution is 2.35. The van der Waals surface area contributed by atoms with Gasteiger partial charge < -0.3 is 14.8 Å². The van der Waals surface area contributed by atoms with Crippen LogP contribution in [0.4, 0.5) is 0 Å². The normalized spacial score (nSPS) is 29.1. The molecule has 3 heteroatoms. The van der Waals surface area contributed by atoms with E-state index in [1.165, 1.54) is 44.9 Å². The van der Waals surface area contributed by atoms with Crippen LogP contribution < -0.4 is 5.32 Å². The summed E-state index contributed by atoms with van der Waals surface area (Å²) in [5, 5.41) is 3.78. The molecular weight excluding hydrogens is 250 g/mol. The van der Waals surface area contributed by atoms with Gasteiger partial charge >= 0.3 is 0 Å². The van der Waals surface area contributed by atoms with Gasteiger partial charge in [-0.15, -0.1) is 0 Å². The summed E-state index contributed by atoms with van der Waals surface area (Å²) in [7, 11) is 0. The lowest BCUT2D eigenvalue weighted by molar-refractivity contribution is -0.0302. The summed E-state index contributed by atoms with van der Waals surface area (Å²) in [6.45, 7) is 8.34. The highest BCUT2D eigenvalue weighted by atomic mass is 16.5. The molecule has 0 aromatic heterocycles. The van der Waals surface area contributed by atoms with E-state index in [0.717, 1.165) is 38.2 Å². The van der Waals surface area contributed by atoms with Crippen LogP contribution in [0.1, 0.15) is 58.8 Å². The summed E-state index contributed by atoms with van der Waals surface area (Å²) in [4.78, 5) is 0. The summed E-state index contributed by atoms with van der Waals surface area (Å²) in [6, 6.07) is 0.714. The molecule has 1 aliphatic heterocycles. The van der Waals surface area contributed by atoms with Crippen molar-refractivity contribution in [2.75, 3.05) is 26.4 Å². The van der Waals surface area contributed by atoms with E-state index in [4.69, 9.17) is 9.47 Å². The lowest BCUT2D eigenvalue weighted by Gasteiger charge is -2.38. The summed E-state index contributed by atoms with van der Waals surface area (Å²) in [5.41, 5.74) is 0. The molecule has 1 unspecified atom stereocenters. The first kappa shape index (κ1) is 16.3. The second-order valence-corrected chi connectivity index (χ2v) is 6.59. The molecule has 1 aliphatic carbocycles. The Bertz CT molecular complexity index is 247. The molecule has 3 nitrogen and oxygen atoms in total. The molecule has 0 bridgehead atoms. The molecular formula is C17H33NO2. The van der Waals surface area contributed by atoms with Gasteiger partial charge in [-0.25, -0.2) is 0 Å². The molecule has 0 aromatic carbocycles. The topological polar surface area (TPSA) is 30.5 Å². The Morgan fingerprint density at radius 3 is 2.45 bits per heavy atom. The first-order valence-electron chi connectivity index (χ1n) is 8.74. The van der Waals surface area contributed by atoms with Crippen molar-refractivity contribution in [3.05, 3.63) is 0 Å². The molecule has 118 valence electrons. The zero-order valence-corrected chi connectivity index (χ0v) is 13.4. The zero-order chi connectivity index (χ0) is 14.2. The van der Waals surface area contributed by atoms with Gasteiger partial charge in [-0.1, -0.05) is 6.92 Å². The molecule has 2 rings (SSSR count). The van der Waals surface area contributed by atoms with E-state index in [1.54, 1.807) is 0 Å². The SMILES string of the molecule is CCCNC(CC1CCOCC1)CC1CC(OCC)C1. The van der Waals surface area contributed by atoms with Gasteiger partial charge in [0.1, 0.15) is 0 Å². The Morgan fingerprint density at radius 1 is 1.10 bits per heavy atom. The van der Waals surface area contributed by atoms with Crippen molar-refractivity contribution in [1.82, 2.24) is 5.32 Å². The van der Waals surface area contributed by atoms with Gasteiger partial charge in [-0.2, -0.15) is 0 Å². The maximum Gasteiger partial charge on any atom is 0.0580 e. The Labute approximate surface area is 124 Å². The molecule has 1 N–H and O–H groups in total. The van der Waals surface area contributed by atoms with Gasteiger partial charge in [0, 0.05) is 25.9 Å². The summed E-state index contributed by atoms with van der Waals surface area (Å²) in [6.07, 6.45) is 9.57. The standard InChI is InChI=1S/C17H33NO2/c1-3-7-18-16(10-14-5-8-19-9-6-14)11-15-12-17(13-15)20-4-2/h14-18H,3-13H2,1-2H3. The average molecular weight is 283 g/mol. The molecule has 1 saturated carbocycles. The van der Waals surface area contributed by atoms with E-state index < -0.39 is 0 Å². The van der Waals surface area contributed by atoms with Crippen LogP contribution in [-0.4, -0.2) is 38.5 Å². The van der Waals surface area contributed by atoms with Crippen molar-refractivity contribution in [3.8, 4) is 0 Å². The fourth-order valence-corrected chi connectivity index (χ4v) is 3.64. The van der Waals surface area contributed by atoms with Crippen LogP contribution in [0.2, 0.25) is 0 Å². The Balaban J connectivity index is 1.69. The minimum Gasteiger partial charge on any atom is -0.381 e. The van der Waals surface area contributed by atoms with E-state index in [1.807, 2.05) is 0 Å². The molecule has 20 heavy (non-hydrogen) atoms. The van der Waals surface area contributed by atoms with Crippen LogP contribution in [0.15, 0.2) is 0 Å². The second kappa shape index (κ2) is 9.01. The molecule has 0 spiro atoms. The van der Waals surface area contributed by atoms with Crippen LogP contribution in [0.25, 0.3) is 0 Å². The third-order valence-electron chi connectivity index (χ3n) is 4.85. The van der Waals surface area contributed by atoms with Crippen molar-refractivity contribution in [2.45, 2.75) is 70.9 Å². The van der Waals surface area contributed by atoms with Crippen molar-refractivity contribution in [3.63, 3.8) is 0 Å². The van der Waals surface area contributed by atoms with Crippen molar-refractivity contribution >= 4 is 0 Å². The van der Waals surface area contributed by atoms with Crippen molar-refractivity contribution in [2.24, 2.45) is 11.8 Å². The monoisotopic (exact) mass is 283 g/mol. The molecule has 1 atom stereocenters. The molecule has 2 fully saturated rings. The predicted molar refractivity (Wildman–Crippen MR) is 83.0 cm³/mol. The van der Waals surface area contributed by atoms with Crippen LogP contribution in [0.3, 0.4) is 0 Å². The molecule has 0 amide bonds. The Hall–Kier alpha value is -0.120. The quantitative estimate of drug-likeness (QED) is 0.703. The summed E-state index contributed by atoms with van der Waals surface area (Å²) in [5.74, 6) is 1.77. The van der Waals surface area contributed by atoms with Crippen molar-refractivity contribution in [1.29, 1.82) is 0 Å². The highest BCUT2D eigenvalue weighted by Gasteiger charge is 2.32. The van der Waals surface area contributed by atoms with E-state index in [2.05, 4.69) is 19.2 Å². The third kappa shape index (κ3) is 5.34. The molecule has 0 aromatic rings. The molecule has 2 aliphatic rings. The minimum atomic E-state index is 0.555. The molecule has 0 radical (unpaired) electrons. The fourth-order valence-electron chi connectivity index (χ4n) is 3.64. The Kier molecular flexibility index (Phi) is 7.32. The van der Waals surface area contributed by atoms with E-state index in [9.17, 15) is 0 Å². The van der Waals surface area contributed by atoms with Crippen molar-refractivity contribution < 1.29 is 9.47 Å². The van der Waals surface area contributed by atoms with Gasteiger partial charge in [0.2, 0.25) is 0 Å². The lowest BCUT2D eigenvalue weighted by Crippen LogP contribution is -2.39. The summed E-state index contributed by atoms with van der Waals surface area (Å²) < 4.78 is 11.2. The third-order valence-corrected chi connectivity index (χ3v) is 4.85. The zero-order valence-electron chi connectivity index (χ0n) is 13.4.